The van der Waals surface area contributed by atoms with E-state index in [1.165, 1.54) is 0 Å². The summed E-state index contributed by atoms with van der Waals surface area (Å²) in [6.07, 6.45) is 4.00. The Morgan fingerprint density at radius 1 is 1.20 bits per heavy atom. The van der Waals surface area contributed by atoms with Crippen LogP contribution in [0.3, 0.4) is 0 Å². The lowest BCUT2D eigenvalue weighted by molar-refractivity contribution is -0.151. The van der Waals surface area contributed by atoms with Gasteiger partial charge in [0, 0.05) is 0 Å². The fraction of sp³-hybridized carbons (Fsp3) is 0.400. The first-order valence-electron chi connectivity index (χ1n) is 6.68. The number of rotatable bonds is 2. The summed E-state index contributed by atoms with van der Waals surface area (Å²) in [5.41, 5.74) is -0.946. The van der Waals surface area contributed by atoms with Crippen molar-refractivity contribution >= 4 is 17.6 Å². The Balaban J connectivity index is 1.96. The summed E-state index contributed by atoms with van der Waals surface area (Å²) in [7, 11) is 0. The summed E-state index contributed by atoms with van der Waals surface area (Å²) in [6, 6.07) is 6.79. The van der Waals surface area contributed by atoms with E-state index in [-0.39, 0.29) is 5.76 Å². The number of esters is 1. The highest BCUT2D eigenvalue weighted by Crippen LogP contribution is 2.45. The normalized spacial score (nSPS) is 21.2. The van der Waals surface area contributed by atoms with E-state index in [2.05, 4.69) is 0 Å². The Kier molecular flexibility index (Phi) is 3.42. The van der Waals surface area contributed by atoms with E-state index in [0.29, 0.717) is 23.6 Å². The van der Waals surface area contributed by atoms with Gasteiger partial charge in [-0.3, -0.25) is 0 Å². The minimum atomic E-state index is -0.946. The molecule has 1 spiro atoms. The standard InChI is InChI=1S/C15H14ClFO3/c16-10-6-2-3-7-11(10)19-13-12(17)14(18)20-15(13)8-4-1-5-9-15/h2-3,6-7H,1,4-5,8-9H2. The van der Waals surface area contributed by atoms with Crippen molar-refractivity contribution in [3.8, 4) is 5.75 Å². The SMILES string of the molecule is O=C1OC2(CCCCC2)C(Oc2ccccc2Cl)=C1F. The minimum absolute atomic E-state index is 0.0182. The highest BCUT2D eigenvalue weighted by molar-refractivity contribution is 6.32. The van der Waals surface area contributed by atoms with Crippen LogP contribution in [-0.2, 0) is 9.53 Å². The van der Waals surface area contributed by atoms with Crippen molar-refractivity contribution in [2.45, 2.75) is 37.7 Å². The van der Waals surface area contributed by atoms with Gasteiger partial charge in [0.1, 0.15) is 5.75 Å². The molecule has 3 nitrogen and oxygen atoms in total. The molecule has 1 aromatic rings. The molecule has 1 fully saturated rings. The number of carbonyl (C=O) groups is 1. The van der Waals surface area contributed by atoms with E-state index < -0.39 is 17.4 Å². The molecule has 0 bridgehead atoms. The second-order valence-corrected chi connectivity index (χ2v) is 5.53. The molecule has 0 amide bonds. The molecule has 0 atom stereocenters. The average Bonchev–Trinajstić information content (AvgIpc) is 2.66. The average molecular weight is 297 g/mol. The molecule has 0 radical (unpaired) electrons. The lowest BCUT2D eigenvalue weighted by Gasteiger charge is -2.33. The van der Waals surface area contributed by atoms with Gasteiger partial charge in [-0.2, -0.15) is 4.39 Å². The first-order chi connectivity index (χ1) is 9.62. The van der Waals surface area contributed by atoms with Crippen molar-refractivity contribution in [1.82, 2.24) is 0 Å². The molecule has 20 heavy (non-hydrogen) atoms. The second-order valence-electron chi connectivity index (χ2n) is 5.12. The quantitative estimate of drug-likeness (QED) is 0.769. The third-order valence-electron chi connectivity index (χ3n) is 3.79. The first kappa shape index (κ1) is 13.4. The Morgan fingerprint density at radius 2 is 1.90 bits per heavy atom. The van der Waals surface area contributed by atoms with Crippen molar-refractivity contribution in [2.75, 3.05) is 0 Å². The first-order valence-corrected chi connectivity index (χ1v) is 7.06. The topological polar surface area (TPSA) is 35.5 Å². The fourth-order valence-electron chi connectivity index (χ4n) is 2.79. The molecule has 0 N–H and O–H groups in total. The Bertz CT molecular complexity index is 576. The van der Waals surface area contributed by atoms with Crippen LogP contribution in [0.1, 0.15) is 32.1 Å². The van der Waals surface area contributed by atoms with Gasteiger partial charge in [0.25, 0.3) is 0 Å². The maximum atomic E-state index is 14.1. The number of carbonyl (C=O) groups excluding carboxylic acids is 1. The predicted octanol–water partition coefficient (Wildman–Crippen LogP) is 4.16. The summed E-state index contributed by atoms with van der Waals surface area (Å²) in [6.45, 7) is 0. The Morgan fingerprint density at radius 3 is 2.60 bits per heavy atom. The molecule has 0 aromatic heterocycles. The largest absolute Gasteiger partial charge is 0.452 e. The van der Waals surface area contributed by atoms with Gasteiger partial charge in [-0.1, -0.05) is 30.2 Å². The van der Waals surface area contributed by atoms with Gasteiger partial charge in [-0.05, 0) is 37.8 Å². The number of ether oxygens (including phenoxy) is 2. The molecule has 2 aliphatic rings. The summed E-state index contributed by atoms with van der Waals surface area (Å²) >= 11 is 6.02. The number of halogens is 2. The van der Waals surface area contributed by atoms with Crippen LogP contribution in [0.5, 0.6) is 5.75 Å². The molecule has 1 aromatic carbocycles. The molecular formula is C15H14ClFO3. The van der Waals surface area contributed by atoms with E-state index in [1.54, 1.807) is 24.3 Å². The fourth-order valence-corrected chi connectivity index (χ4v) is 2.96. The molecule has 0 saturated heterocycles. The maximum Gasteiger partial charge on any atom is 0.371 e. The number of hydrogen-bond acceptors (Lipinski definition) is 3. The van der Waals surface area contributed by atoms with Crippen LogP contribution in [0.4, 0.5) is 4.39 Å². The molecule has 3 rings (SSSR count). The van der Waals surface area contributed by atoms with E-state index in [9.17, 15) is 9.18 Å². The maximum absolute atomic E-state index is 14.1. The van der Waals surface area contributed by atoms with Crippen molar-refractivity contribution in [3.63, 3.8) is 0 Å². The highest BCUT2D eigenvalue weighted by atomic mass is 35.5. The molecular weight excluding hydrogens is 283 g/mol. The summed E-state index contributed by atoms with van der Waals surface area (Å²) < 4.78 is 24.9. The van der Waals surface area contributed by atoms with E-state index in [0.717, 1.165) is 19.3 Å². The smallest absolute Gasteiger partial charge is 0.371 e. The molecule has 1 aliphatic carbocycles. The van der Waals surface area contributed by atoms with Gasteiger partial charge >= 0.3 is 5.97 Å². The van der Waals surface area contributed by atoms with Gasteiger partial charge in [0.05, 0.1) is 5.02 Å². The summed E-state index contributed by atoms with van der Waals surface area (Å²) in [4.78, 5) is 11.6. The lowest BCUT2D eigenvalue weighted by atomic mass is 9.83. The number of hydrogen-bond donors (Lipinski definition) is 0. The van der Waals surface area contributed by atoms with Crippen LogP contribution >= 0.6 is 11.6 Å². The number of para-hydroxylation sites is 1. The Hall–Kier alpha value is -1.55. The van der Waals surface area contributed by atoms with Crippen LogP contribution in [-0.4, -0.2) is 11.6 Å². The minimum Gasteiger partial charge on any atom is -0.452 e. The van der Waals surface area contributed by atoms with Crippen molar-refractivity contribution in [2.24, 2.45) is 0 Å². The van der Waals surface area contributed by atoms with Crippen LogP contribution in [0, 0.1) is 0 Å². The summed E-state index contributed by atoms with van der Waals surface area (Å²) in [5.74, 6) is -1.56. The predicted molar refractivity (Wildman–Crippen MR) is 72.1 cm³/mol. The third kappa shape index (κ3) is 2.18. The van der Waals surface area contributed by atoms with Gasteiger partial charge in [0.15, 0.2) is 11.4 Å². The van der Waals surface area contributed by atoms with Crippen molar-refractivity contribution in [3.05, 3.63) is 40.9 Å². The molecule has 5 heteroatoms. The zero-order chi connectivity index (χ0) is 14.2. The van der Waals surface area contributed by atoms with Crippen LogP contribution in [0.2, 0.25) is 5.02 Å². The molecule has 106 valence electrons. The molecule has 1 aliphatic heterocycles. The van der Waals surface area contributed by atoms with Gasteiger partial charge in [0.2, 0.25) is 5.83 Å². The van der Waals surface area contributed by atoms with E-state index in [1.807, 2.05) is 0 Å². The second kappa shape index (κ2) is 5.09. The number of benzene rings is 1. The van der Waals surface area contributed by atoms with E-state index in [4.69, 9.17) is 21.1 Å². The monoisotopic (exact) mass is 296 g/mol. The lowest BCUT2D eigenvalue weighted by Crippen LogP contribution is -2.36. The molecule has 1 saturated carbocycles. The van der Waals surface area contributed by atoms with Crippen LogP contribution in [0.25, 0.3) is 0 Å². The molecule has 1 heterocycles. The summed E-state index contributed by atoms with van der Waals surface area (Å²) in [5, 5.41) is 0.373. The molecule has 0 unspecified atom stereocenters. The van der Waals surface area contributed by atoms with Crippen LogP contribution < -0.4 is 4.74 Å². The Labute approximate surface area is 121 Å². The van der Waals surface area contributed by atoms with Crippen molar-refractivity contribution in [1.29, 1.82) is 0 Å². The highest BCUT2D eigenvalue weighted by Gasteiger charge is 2.51. The third-order valence-corrected chi connectivity index (χ3v) is 4.10. The van der Waals surface area contributed by atoms with Crippen molar-refractivity contribution < 1.29 is 18.7 Å². The van der Waals surface area contributed by atoms with Gasteiger partial charge in [-0.15, -0.1) is 0 Å². The van der Waals surface area contributed by atoms with Crippen LogP contribution in [0.15, 0.2) is 35.9 Å². The van der Waals surface area contributed by atoms with E-state index >= 15 is 0 Å². The zero-order valence-corrected chi connectivity index (χ0v) is 11.6. The zero-order valence-electron chi connectivity index (χ0n) is 10.8. The van der Waals surface area contributed by atoms with Gasteiger partial charge in [-0.25, -0.2) is 4.79 Å². The van der Waals surface area contributed by atoms with Gasteiger partial charge < -0.3 is 9.47 Å².